The van der Waals surface area contributed by atoms with Crippen molar-refractivity contribution in [1.82, 2.24) is 0 Å². The zero-order chi connectivity index (χ0) is 18.7. The molecule has 0 atom stereocenters. The van der Waals surface area contributed by atoms with Gasteiger partial charge in [0.2, 0.25) is 0 Å². The summed E-state index contributed by atoms with van der Waals surface area (Å²) in [5, 5.41) is 1.73. The number of carbonyl (C=O) groups excluding carboxylic acids is 2. The van der Waals surface area contributed by atoms with Crippen LogP contribution in [0.15, 0.2) is 47.7 Å². The molecule has 1 aliphatic heterocycles. The molecule has 0 saturated heterocycles. The molecule has 0 fully saturated rings. The highest BCUT2D eigenvalue weighted by molar-refractivity contribution is 6.06. The van der Waals surface area contributed by atoms with Crippen molar-refractivity contribution in [3.8, 4) is 5.75 Å². The summed E-state index contributed by atoms with van der Waals surface area (Å²) in [6, 6.07) is 11.2. The Hall–Kier alpha value is -3.06. The van der Waals surface area contributed by atoms with Gasteiger partial charge in [0.05, 0.1) is 39.2 Å². The molecule has 1 heterocycles. The molecular formula is C19H19NO6. The fourth-order valence-corrected chi connectivity index (χ4v) is 3.00. The first-order chi connectivity index (χ1) is 12.6. The fraction of sp³-hybridized carbons (Fsp3) is 0.263. The second-order valence-corrected chi connectivity index (χ2v) is 5.55. The molecule has 26 heavy (non-hydrogen) atoms. The monoisotopic (exact) mass is 357 g/mol. The van der Waals surface area contributed by atoms with Gasteiger partial charge in [0, 0.05) is 10.8 Å². The van der Waals surface area contributed by atoms with E-state index in [1.165, 1.54) is 14.2 Å². The lowest BCUT2D eigenvalue weighted by molar-refractivity contribution is -0.140. The third kappa shape index (κ3) is 2.97. The summed E-state index contributed by atoms with van der Waals surface area (Å²) >= 11 is 0. The van der Waals surface area contributed by atoms with Crippen molar-refractivity contribution < 1.29 is 28.5 Å². The predicted octanol–water partition coefficient (Wildman–Crippen LogP) is 2.24. The first kappa shape index (κ1) is 17.8. The normalized spacial score (nSPS) is 14.3. The molecule has 0 radical (unpaired) electrons. The van der Waals surface area contributed by atoms with E-state index in [1.54, 1.807) is 18.1 Å². The average Bonchev–Trinajstić information content (AvgIpc) is 2.71. The first-order valence-corrected chi connectivity index (χ1v) is 7.93. The maximum atomic E-state index is 12.4. The smallest absolute Gasteiger partial charge is 0.355 e. The van der Waals surface area contributed by atoms with Crippen LogP contribution < -0.4 is 9.64 Å². The van der Waals surface area contributed by atoms with Gasteiger partial charge in [-0.05, 0) is 12.1 Å². The van der Waals surface area contributed by atoms with Crippen molar-refractivity contribution in [2.24, 2.45) is 0 Å². The molecule has 7 heteroatoms. The van der Waals surface area contributed by atoms with Crippen molar-refractivity contribution in [2.45, 2.75) is 0 Å². The number of ether oxygens (including phenoxy) is 4. The summed E-state index contributed by atoms with van der Waals surface area (Å²) in [5.74, 6) is -0.555. The molecule has 0 aromatic heterocycles. The van der Waals surface area contributed by atoms with Gasteiger partial charge in [-0.25, -0.2) is 9.59 Å². The van der Waals surface area contributed by atoms with Gasteiger partial charge in [-0.1, -0.05) is 24.3 Å². The second kappa shape index (κ2) is 7.45. The molecule has 2 aromatic rings. The number of benzene rings is 2. The molecule has 0 amide bonds. The van der Waals surface area contributed by atoms with E-state index in [-0.39, 0.29) is 24.6 Å². The lowest BCUT2D eigenvalue weighted by Gasteiger charge is -2.32. The van der Waals surface area contributed by atoms with Crippen molar-refractivity contribution in [3.05, 3.63) is 47.7 Å². The maximum absolute atomic E-state index is 12.4. The quantitative estimate of drug-likeness (QED) is 0.777. The van der Waals surface area contributed by atoms with Gasteiger partial charge in [-0.3, -0.25) is 0 Å². The number of anilines is 1. The summed E-state index contributed by atoms with van der Waals surface area (Å²) < 4.78 is 20.6. The van der Waals surface area contributed by atoms with Crippen LogP contribution in [0.1, 0.15) is 0 Å². The Balaban J connectivity index is 2.23. The predicted molar refractivity (Wildman–Crippen MR) is 94.9 cm³/mol. The van der Waals surface area contributed by atoms with Gasteiger partial charge in [-0.2, -0.15) is 0 Å². The molecule has 2 aromatic carbocycles. The molecular weight excluding hydrogens is 338 g/mol. The Labute approximate surface area is 150 Å². The van der Waals surface area contributed by atoms with Gasteiger partial charge >= 0.3 is 11.9 Å². The number of esters is 2. The van der Waals surface area contributed by atoms with Crippen LogP contribution in [0, 0.1) is 0 Å². The minimum atomic E-state index is -0.632. The standard InChI is InChI=1S/C19H19NO6/c1-23-16-9-8-15(12-6-4-5-7-13(12)16)20-11-26-10-14(18(21)24-2)17(20)19(22)25-3/h4-9H,10-11H2,1-3H3. The number of hydrogen-bond acceptors (Lipinski definition) is 7. The van der Waals surface area contributed by atoms with Gasteiger partial charge in [0.1, 0.15) is 18.2 Å². The van der Waals surface area contributed by atoms with Crippen LogP contribution in [-0.2, 0) is 23.8 Å². The van der Waals surface area contributed by atoms with E-state index in [2.05, 4.69) is 0 Å². The summed E-state index contributed by atoms with van der Waals surface area (Å²) in [7, 11) is 4.12. The number of methoxy groups -OCH3 is 3. The zero-order valence-electron chi connectivity index (χ0n) is 14.8. The number of rotatable bonds is 4. The third-order valence-electron chi connectivity index (χ3n) is 4.20. The minimum Gasteiger partial charge on any atom is -0.496 e. The molecule has 0 aliphatic carbocycles. The second-order valence-electron chi connectivity index (χ2n) is 5.55. The lowest BCUT2D eigenvalue weighted by atomic mass is 10.1. The van der Waals surface area contributed by atoms with Crippen LogP contribution in [0.5, 0.6) is 5.75 Å². The number of nitrogens with zero attached hydrogens (tertiary/aromatic N) is 1. The van der Waals surface area contributed by atoms with E-state index in [0.29, 0.717) is 11.4 Å². The van der Waals surface area contributed by atoms with Crippen LogP contribution in [0.3, 0.4) is 0 Å². The molecule has 0 N–H and O–H groups in total. The lowest BCUT2D eigenvalue weighted by Crippen LogP contribution is -2.38. The van der Waals surface area contributed by atoms with E-state index in [1.807, 2.05) is 30.3 Å². The largest absolute Gasteiger partial charge is 0.496 e. The molecule has 7 nitrogen and oxygen atoms in total. The van der Waals surface area contributed by atoms with E-state index < -0.39 is 11.9 Å². The summed E-state index contributed by atoms with van der Waals surface area (Å²) in [5.41, 5.74) is 0.925. The van der Waals surface area contributed by atoms with Crippen LogP contribution in [0.4, 0.5) is 5.69 Å². The van der Waals surface area contributed by atoms with Crippen molar-refractivity contribution in [3.63, 3.8) is 0 Å². The molecule has 0 unspecified atom stereocenters. The highest BCUT2D eigenvalue weighted by Gasteiger charge is 2.33. The molecule has 136 valence electrons. The van der Waals surface area contributed by atoms with Crippen molar-refractivity contribution in [1.29, 1.82) is 0 Å². The molecule has 1 aliphatic rings. The van der Waals surface area contributed by atoms with E-state index >= 15 is 0 Å². The molecule has 0 spiro atoms. The van der Waals surface area contributed by atoms with Crippen molar-refractivity contribution in [2.75, 3.05) is 39.6 Å². The fourth-order valence-electron chi connectivity index (χ4n) is 3.00. The van der Waals surface area contributed by atoms with Gasteiger partial charge < -0.3 is 23.8 Å². The summed E-state index contributed by atoms with van der Waals surface area (Å²) in [4.78, 5) is 26.2. The van der Waals surface area contributed by atoms with E-state index in [0.717, 1.165) is 10.8 Å². The topological polar surface area (TPSA) is 74.3 Å². The van der Waals surface area contributed by atoms with E-state index in [4.69, 9.17) is 18.9 Å². The van der Waals surface area contributed by atoms with Crippen LogP contribution in [0.25, 0.3) is 10.8 Å². The Morgan fingerprint density at radius 2 is 1.65 bits per heavy atom. The highest BCUT2D eigenvalue weighted by Crippen LogP contribution is 2.36. The van der Waals surface area contributed by atoms with Crippen LogP contribution in [-0.4, -0.2) is 46.6 Å². The highest BCUT2D eigenvalue weighted by atomic mass is 16.5. The molecule has 0 bridgehead atoms. The van der Waals surface area contributed by atoms with Gasteiger partial charge in [0.25, 0.3) is 0 Å². The molecule has 0 saturated carbocycles. The minimum absolute atomic E-state index is 0.0261. The Morgan fingerprint density at radius 1 is 0.962 bits per heavy atom. The number of fused-ring (bicyclic) bond motifs is 1. The number of carbonyl (C=O) groups is 2. The summed E-state index contributed by atoms with van der Waals surface area (Å²) in [6.07, 6.45) is 0. The average molecular weight is 357 g/mol. The first-order valence-electron chi connectivity index (χ1n) is 7.93. The van der Waals surface area contributed by atoms with E-state index in [9.17, 15) is 9.59 Å². The Bertz CT molecular complexity index is 889. The number of hydrogen-bond donors (Lipinski definition) is 0. The maximum Gasteiger partial charge on any atom is 0.355 e. The summed E-state index contributed by atoms with van der Waals surface area (Å²) in [6.45, 7) is 0.0724. The van der Waals surface area contributed by atoms with Gasteiger partial charge in [-0.15, -0.1) is 0 Å². The Morgan fingerprint density at radius 3 is 2.31 bits per heavy atom. The Kier molecular flexibility index (Phi) is 5.09. The van der Waals surface area contributed by atoms with Crippen molar-refractivity contribution >= 4 is 28.4 Å². The zero-order valence-corrected chi connectivity index (χ0v) is 14.8. The SMILES string of the molecule is COC(=O)C1=C(C(=O)OC)N(c2ccc(OC)c3ccccc23)COC1. The van der Waals surface area contributed by atoms with Crippen LogP contribution in [0.2, 0.25) is 0 Å². The molecule has 3 rings (SSSR count). The van der Waals surface area contributed by atoms with Gasteiger partial charge in [0.15, 0.2) is 0 Å². The third-order valence-corrected chi connectivity index (χ3v) is 4.20. The van der Waals surface area contributed by atoms with Crippen LogP contribution >= 0.6 is 0 Å².